The van der Waals surface area contributed by atoms with Gasteiger partial charge < -0.3 is 10.6 Å². The average molecular weight is 415 g/mol. The van der Waals surface area contributed by atoms with Crippen LogP contribution in [0.15, 0.2) is 28.4 Å². The number of hydrogen-bond acceptors (Lipinski definition) is 5. The van der Waals surface area contributed by atoms with Gasteiger partial charge in [0, 0.05) is 17.5 Å². The van der Waals surface area contributed by atoms with E-state index in [2.05, 4.69) is 20.8 Å². The Labute approximate surface area is 166 Å². The molecule has 0 bridgehead atoms. The third-order valence-corrected chi connectivity index (χ3v) is 5.64. The van der Waals surface area contributed by atoms with Crippen molar-refractivity contribution in [3.8, 4) is 0 Å². The highest BCUT2D eigenvalue weighted by atomic mass is 35.5. The summed E-state index contributed by atoms with van der Waals surface area (Å²) in [5.74, 6) is -0.609. The summed E-state index contributed by atoms with van der Waals surface area (Å²) in [7, 11) is 0. The topological polar surface area (TPSA) is 82.9 Å². The smallest absolute Gasteiger partial charge is 0.240 e. The zero-order valence-corrected chi connectivity index (χ0v) is 17.2. The molecular formula is C17H20Cl2N4O2S. The second-order valence-corrected chi connectivity index (χ2v) is 8.77. The number of thioether (sulfide) groups is 1. The molecule has 0 radical (unpaired) electrons. The summed E-state index contributed by atoms with van der Waals surface area (Å²) in [5, 5.41) is 14.0. The Balaban J connectivity index is 1.99. The molecule has 1 aliphatic heterocycles. The van der Waals surface area contributed by atoms with Crippen molar-refractivity contribution in [3.05, 3.63) is 28.2 Å². The zero-order valence-electron chi connectivity index (χ0n) is 14.9. The molecule has 0 spiro atoms. The highest BCUT2D eigenvalue weighted by molar-refractivity contribution is 8.15. The van der Waals surface area contributed by atoms with E-state index in [4.69, 9.17) is 23.2 Å². The normalized spacial score (nSPS) is 19.6. The molecule has 0 saturated carbocycles. The summed E-state index contributed by atoms with van der Waals surface area (Å²) in [6.45, 7) is 7.96. The number of amidine groups is 1. The third-order valence-electron chi connectivity index (χ3n) is 3.75. The molecule has 1 aromatic carbocycles. The monoisotopic (exact) mass is 414 g/mol. The van der Waals surface area contributed by atoms with E-state index >= 15 is 0 Å². The van der Waals surface area contributed by atoms with E-state index in [0.29, 0.717) is 15.9 Å². The molecule has 0 aromatic heterocycles. The standard InChI is InChI=1S/C17H20Cl2N4O2S/c1-9(17(2,3)4)22-23-16-21-15(25)12(26-16)8-13(24)20-11-7-5-6-10(18)14(11)19/h5-7,12H,8H2,1-4H3,(H,20,24)(H,21,23,25)/b22-9-/t12-/m1/s1. The van der Waals surface area contributed by atoms with E-state index < -0.39 is 5.25 Å². The van der Waals surface area contributed by atoms with Gasteiger partial charge in [-0.25, -0.2) is 0 Å². The summed E-state index contributed by atoms with van der Waals surface area (Å²) < 4.78 is 0. The second-order valence-electron chi connectivity index (χ2n) is 6.79. The Morgan fingerprint density at radius 1 is 1.35 bits per heavy atom. The fraction of sp³-hybridized carbons (Fsp3) is 0.412. The molecule has 1 aromatic rings. The number of rotatable bonds is 4. The van der Waals surface area contributed by atoms with Crippen molar-refractivity contribution in [3.63, 3.8) is 0 Å². The summed E-state index contributed by atoms with van der Waals surface area (Å²) in [4.78, 5) is 24.3. The van der Waals surface area contributed by atoms with Gasteiger partial charge in [0.1, 0.15) is 5.25 Å². The molecule has 26 heavy (non-hydrogen) atoms. The Bertz CT molecular complexity index is 787. The quantitative estimate of drug-likeness (QED) is 0.567. The molecule has 2 amide bonds. The lowest BCUT2D eigenvalue weighted by Gasteiger charge is -2.16. The average Bonchev–Trinajstić information content (AvgIpc) is 2.88. The van der Waals surface area contributed by atoms with E-state index in [1.165, 1.54) is 11.8 Å². The van der Waals surface area contributed by atoms with Gasteiger partial charge in [0.25, 0.3) is 0 Å². The van der Waals surface area contributed by atoms with Gasteiger partial charge in [0.2, 0.25) is 11.8 Å². The van der Waals surface area contributed by atoms with Crippen molar-refractivity contribution in [2.45, 2.75) is 39.4 Å². The first kappa shape index (κ1) is 20.7. The van der Waals surface area contributed by atoms with E-state index in [1.807, 2.05) is 27.7 Å². The number of carbonyl (C=O) groups is 2. The maximum absolute atomic E-state index is 12.2. The molecule has 1 atom stereocenters. The maximum atomic E-state index is 12.2. The minimum absolute atomic E-state index is 0.0136. The molecule has 0 aliphatic carbocycles. The predicted octanol–water partition coefficient (Wildman–Crippen LogP) is 4.33. The number of anilines is 1. The molecular weight excluding hydrogens is 395 g/mol. The van der Waals surface area contributed by atoms with Crippen LogP contribution in [0.1, 0.15) is 34.1 Å². The number of benzene rings is 1. The largest absolute Gasteiger partial charge is 0.325 e. The SMILES string of the molecule is C/C(=N/N=C1\NC(=O)[C@@H](CC(=O)Nc2cccc(Cl)c2Cl)S1)C(C)(C)C. The van der Waals surface area contributed by atoms with Crippen LogP contribution in [-0.4, -0.2) is 27.9 Å². The van der Waals surface area contributed by atoms with Crippen molar-refractivity contribution in [2.24, 2.45) is 15.6 Å². The van der Waals surface area contributed by atoms with E-state index in [1.54, 1.807) is 18.2 Å². The van der Waals surface area contributed by atoms with Crippen LogP contribution in [0, 0.1) is 5.41 Å². The Kier molecular flexibility index (Phi) is 6.71. The van der Waals surface area contributed by atoms with Crippen molar-refractivity contribution < 1.29 is 9.59 Å². The number of hydrogen-bond donors (Lipinski definition) is 2. The van der Waals surface area contributed by atoms with Gasteiger partial charge >= 0.3 is 0 Å². The van der Waals surface area contributed by atoms with Gasteiger partial charge in [-0.15, -0.1) is 5.10 Å². The number of nitrogens with zero attached hydrogens (tertiary/aromatic N) is 2. The van der Waals surface area contributed by atoms with Crippen LogP contribution in [0.2, 0.25) is 10.0 Å². The summed E-state index contributed by atoms with van der Waals surface area (Å²) in [6, 6.07) is 4.95. The fourth-order valence-electron chi connectivity index (χ4n) is 1.83. The molecule has 1 fully saturated rings. The highest BCUT2D eigenvalue weighted by Gasteiger charge is 2.32. The van der Waals surface area contributed by atoms with Crippen LogP contribution in [0.4, 0.5) is 5.69 Å². The van der Waals surface area contributed by atoms with Crippen LogP contribution < -0.4 is 10.6 Å². The van der Waals surface area contributed by atoms with Gasteiger partial charge in [0.15, 0.2) is 5.17 Å². The lowest BCUT2D eigenvalue weighted by atomic mass is 9.91. The molecule has 9 heteroatoms. The van der Waals surface area contributed by atoms with Crippen LogP contribution in [-0.2, 0) is 9.59 Å². The van der Waals surface area contributed by atoms with Crippen LogP contribution in [0.3, 0.4) is 0 Å². The van der Waals surface area contributed by atoms with Crippen molar-refractivity contribution in [2.75, 3.05) is 5.32 Å². The highest BCUT2D eigenvalue weighted by Crippen LogP contribution is 2.30. The number of halogens is 2. The molecule has 2 N–H and O–H groups in total. The van der Waals surface area contributed by atoms with Crippen LogP contribution >= 0.6 is 35.0 Å². The molecule has 140 valence electrons. The predicted molar refractivity (Wildman–Crippen MR) is 109 cm³/mol. The molecule has 0 unspecified atom stereocenters. The van der Waals surface area contributed by atoms with Gasteiger partial charge in [-0.2, -0.15) is 5.10 Å². The Hall–Kier alpha value is -1.57. The number of amides is 2. The summed E-state index contributed by atoms with van der Waals surface area (Å²) >= 11 is 13.2. The minimum atomic E-state index is -0.572. The molecule has 1 saturated heterocycles. The third kappa shape index (κ3) is 5.46. The number of nitrogens with one attached hydrogen (secondary N) is 2. The Morgan fingerprint density at radius 2 is 2.04 bits per heavy atom. The van der Waals surface area contributed by atoms with Gasteiger partial charge in [-0.3, -0.25) is 9.59 Å². The zero-order chi connectivity index (χ0) is 19.5. The van der Waals surface area contributed by atoms with Crippen LogP contribution in [0.5, 0.6) is 0 Å². The van der Waals surface area contributed by atoms with Crippen molar-refractivity contribution >= 4 is 63.3 Å². The lowest BCUT2D eigenvalue weighted by Crippen LogP contribution is -2.28. The molecule has 2 rings (SSSR count). The first-order valence-corrected chi connectivity index (χ1v) is 9.55. The van der Waals surface area contributed by atoms with E-state index in [9.17, 15) is 9.59 Å². The van der Waals surface area contributed by atoms with Crippen molar-refractivity contribution in [1.82, 2.24) is 5.32 Å². The maximum Gasteiger partial charge on any atom is 0.240 e. The van der Waals surface area contributed by atoms with E-state index in [0.717, 1.165) is 5.71 Å². The Morgan fingerprint density at radius 3 is 2.69 bits per heavy atom. The molecule has 1 heterocycles. The number of carbonyl (C=O) groups excluding carboxylic acids is 2. The summed E-state index contributed by atoms with van der Waals surface area (Å²) in [5.41, 5.74) is 1.15. The summed E-state index contributed by atoms with van der Waals surface area (Å²) in [6.07, 6.45) is -0.0136. The fourth-order valence-corrected chi connectivity index (χ4v) is 3.09. The van der Waals surface area contributed by atoms with Crippen LogP contribution in [0.25, 0.3) is 0 Å². The molecule has 6 nitrogen and oxygen atoms in total. The van der Waals surface area contributed by atoms with Gasteiger partial charge in [-0.05, 0) is 19.1 Å². The molecule has 1 aliphatic rings. The lowest BCUT2D eigenvalue weighted by molar-refractivity contribution is -0.122. The second kappa shape index (κ2) is 8.41. The van der Waals surface area contributed by atoms with Gasteiger partial charge in [-0.1, -0.05) is 61.8 Å². The van der Waals surface area contributed by atoms with Crippen molar-refractivity contribution in [1.29, 1.82) is 0 Å². The first-order chi connectivity index (χ1) is 12.1. The van der Waals surface area contributed by atoms with Gasteiger partial charge in [0.05, 0.1) is 15.7 Å². The minimum Gasteiger partial charge on any atom is -0.325 e. The van der Waals surface area contributed by atoms with E-state index in [-0.39, 0.29) is 28.7 Å². The first-order valence-electron chi connectivity index (χ1n) is 7.92.